The number of aromatic hydroxyl groups is 1. The van der Waals surface area contributed by atoms with E-state index in [2.05, 4.69) is 0 Å². The number of benzene rings is 1. The molecule has 1 aromatic carbocycles. The summed E-state index contributed by atoms with van der Waals surface area (Å²) in [6.07, 6.45) is -0.239. The van der Waals surface area contributed by atoms with E-state index in [-0.39, 0.29) is 60.4 Å². The second kappa shape index (κ2) is 8.59. The van der Waals surface area contributed by atoms with Gasteiger partial charge in [0.05, 0.1) is 18.2 Å². The standard InChI is InChI=1S/C27H32FN3O8/c1-26(2,9-32)31-7-12-13(8-31)20(33)16-11(18(12)28)5-10-6-14-19(30(3)4)22(35)17(25(29)38)24(37)27(14,39)23(36)15(10)21(16)34/h10,14,19,32-33,35-36,39H,5-9H2,1-4H3,(H2,29,38)/t10-,14-,19-,27-/m0/s1. The number of hydrogen-bond acceptors (Lipinski definition) is 10. The van der Waals surface area contributed by atoms with Crippen LogP contribution in [0.3, 0.4) is 0 Å². The van der Waals surface area contributed by atoms with Crippen molar-refractivity contribution >= 4 is 17.5 Å². The molecule has 4 aliphatic rings. The summed E-state index contributed by atoms with van der Waals surface area (Å²) in [5, 5.41) is 54.8. The lowest BCUT2D eigenvalue weighted by molar-refractivity contribution is -0.148. The molecule has 0 saturated heterocycles. The van der Waals surface area contributed by atoms with Crippen LogP contribution in [0.25, 0.3) is 0 Å². The van der Waals surface area contributed by atoms with Gasteiger partial charge < -0.3 is 31.3 Å². The lowest BCUT2D eigenvalue weighted by atomic mass is 9.58. The number of primary amides is 1. The average Bonchev–Trinajstić information content (AvgIpc) is 3.31. The zero-order chi connectivity index (χ0) is 28.9. The van der Waals surface area contributed by atoms with Gasteiger partial charge in [-0.1, -0.05) is 0 Å². The van der Waals surface area contributed by atoms with Crippen molar-refractivity contribution in [2.45, 2.75) is 57.0 Å². The van der Waals surface area contributed by atoms with Crippen molar-refractivity contribution in [1.29, 1.82) is 0 Å². The third kappa shape index (κ3) is 3.45. The van der Waals surface area contributed by atoms with Crippen molar-refractivity contribution < 1.29 is 44.3 Å². The molecular weight excluding hydrogens is 513 g/mol. The Kier molecular flexibility index (Phi) is 6.00. The molecule has 1 aliphatic heterocycles. The highest BCUT2D eigenvalue weighted by molar-refractivity contribution is 6.24. The number of ketones is 2. The van der Waals surface area contributed by atoms with Crippen LogP contribution >= 0.6 is 0 Å². The topological polar surface area (TPSA) is 185 Å². The summed E-state index contributed by atoms with van der Waals surface area (Å²) in [6.45, 7) is 3.49. The first-order valence-electron chi connectivity index (χ1n) is 12.6. The minimum Gasteiger partial charge on any atom is -0.510 e. The maximum atomic E-state index is 16.0. The molecule has 0 spiro atoms. The van der Waals surface area contributed by atoms with Crippen LogP contribution in [-0.2, 0) is 29.1 Å². The summed E-state index contributed by atoms with van der Waals surface area (Å²) in [4.78, 5) is 42.5. The van der Waals surface area contributed by atoms with Crippen LogP contribution in [0.4, 0.5) is 4.39 Å². The monoisotopic (exact) mass is 545 g/mol. The van der Waals surface area contributed by atoms with Gasteiger partial charge in [0.15, 0.2) is 11.4 Å². The summed E-state index contributed by atoms with van der Waals surface area (Å²) in [6, 6.07) is -1.12. The molecule has 210 valence electrons. The Morgan fingerprint density at radius 3 is 2.33 bits per heavy atom. The zero-order valence-corrected chi connectivity index (χ0v) is 22.1. The molecule has 0 unspecified atom stereocenters. The van der Waals surface area contributed by atoms with E-state index in [1.54, 1.807) is 18.7 Å². The van der Waals surface area contributed by atoms with Crippen molar-refractivity contribution in [2.24, 2.45) is 17.6 Å². The van der Waals surface area contributed by atoms with Crippen LogP contribution in [-0.4, -0.2) is 90.7 Å². The number of aliphatic hydroxyl groups excluding tert-OH is 3. The van der Waals surface area contributed by atoms with Crippen molar-refractivity contribution in [1.82, 2.24) is 9.80 Å². The predicted molar refractivity (Wildman–Crippen MR) is 134 cm³/mol. The Balaban J connectivity index is 1.68. The van der Waals surface area contributed by atoms with Crippen LogP contribution in [0.2, 0.25) is 0 Å². The van der Waals surface area contributed by atoms with E-state index < -0.39 is 75.1 Å². The van der Waals surface area contributed by atoms with E-state index in [1.165, 1.54) is 19.0 Å². The number of amides is 1. The van der Waals surface area contributed by atoms with Gasteiger partial charge in [0.2, 0.25) is 5.78 Å². The molecule has 0 radical (unpaired) electrons. The van der Waals surface area contributed by atoms with Gasteiger partial charge in [0.25, 0.3) is 5.91 Å². The van der Waals surface area contributed by atoms with E-state index in [4.69, 9.17) is 5.73 Å². The van der Waals surface area contributed by atoms with Crippen LogP contribution in [0, 0.1) is 17.7 Å². The van der Waals surface area contributed by atoms with E-state index in [0.717, 1.165) is 0 Å². The number of nitrogens with zero attached hydrogens (tertiary/aromatic N) is 2. The van der Waals surface area contributed by atoms with E-state index in [1.807, 2.05) is 0 Å². The first-order chi connectivity index (χ1) is 18.1. The summed E-state index contributed by atoms with van der Waals surface area (Å²) in [7, 11) is 3.07. The fourth-order valence-corrected chi connectivity index (χ4v) is 6.75. The Labute approximate surface area is 223 Å². The normalized spacial score (nSPS) is 29.0. The average molecular weight is 546 g/mol. The lowest BCUT2D eigenvalue weighted by Gasteiger charge is -2.50. The van der Waals surface area contributed by atoms with E-state index in [9.17, 15) is 39.9 Å². The number of carbonyl (C=O) groups excluding carboxylic acids is 3. The Morgan fingerprint density at radius 2 is 1.77 bits per heavy atom. The molecule has 1 heterocycles. The molecule has 3 aliphatic carbocycles. The van der Waals surface area contributed by atoms with Crippen molar-refractivity contribution in [3.05, 3.63) is 50.7 Å². The third-order valence-corrected chi connectivity index (χ3v) is 8.97. The van der Waals surface area contributed by atoms with Crippen molar-refractivity contribution in [3.63, 3.8) is 0 Å². The molecule has 1 amide bonds. The third-order valence-electron chi connectivity index (χ3n) is 8.97. The van der Waals surface area contributed by atoms with E-state index >= 15 is 4.39 Å². The summed E-state index contributed by atoms with van der Waals surface area (Å²) in [5.41, 5.74) is 0.649. The minimum absolute atomic E-state index is 0.0342. The van der Waals surface area contributed by atoms with Gasteiger partial charge in [-0.3, -0.25) is 24.2 Å². The molecule has 0 aromatic heterocycles. The highest BCUT2D eigenvalue weighted by Crippen LogP contribution is 2.53. The van der Waals surface area contributed by atoms with Gasteiger partial charge in [0.1, 0.15) is 28.7 Å². The highest BCUT2D eigenvalue weighted by atomic mass is 19.1. The minimum atomic E-state index is -2.75. The number of carbonyl (C=O) groups is 3. The number of hydrogen-bond donors (Lipinski definition) is 6. The molecule has 12 heteroatoms. The number of likely N-dealkylation sites (N-methyl/N-ethyl adjacent to an activating group) is 1. The van der Waals surface area contributed by atoms with Gasteiger partial charge >= 0.3 is 0 Å². The van der Waals surface area contributed by atoms with Crippen molar-refractivity contribution in [2.75, 3.05) is 20.7 Å². The largest absolute Gasteiger partial charge is 0.510 e. The maximum absolute atomic E-state index is 16.0. The quantitative estimate of drug-likeness (QED) is 0.288. The first kappa shape index (κ1) is 27.3. The summed E-state index contributed by atoms with van der Waals surface area (Å²) >= 11 is 0. The maximum Gasteiger partial charge on any atom is 0.255 e. The number of aliphatic hydroxyl groups is 4. The van der Waals surface area contributed by atoms with Crippen LogP contribution < -0.4 is 5.73 Å². The van der Waals surface area contributed by atoms with Crippen LogP contribution in [0.1, 0.15) is 47.3 Å². The van der Waals surface area contributed by atoms with Gasteiger partial charge in [-0.25, -0.2) is 4.39 Å². The van der Waals surface area contributed by atoms with Crippen LogP contribution in [0.15, 0.2) is 22.7 Å². The molecule has 39 heavy (non-hydrogen) atoms. The molecular formula is C27H32FN3O8. The number of phenolic OH excluding ortho intramolecular Hbond substituents is 1. The molecule has 11 nitrogen and oxygen atoms in total. The number of Topliss-reactive ketones (excluding diaryl/α,β-unsaturated/α-hetero) is 2. The van der Waals surface area contributed by atoms with Crippen molar-refractivity contribution in [3.8, 4) is 5.75 Å². The number of fused-ring (bicyclic) bond motifs is 4. The zero-order valence-electron chi connectivity index (χ0n) is 22.1. The summed E-state index contributed by atoms with van der Waals surface area (Å²) in [5.74, 6) is -8.38. The molecule has 0 bridgehead atoms. The molecule has 5 rings (SSSR count). The van der Waals surface area contributed by atoms with Gasteiger partial charge in [-0.2, -0.15) is 0 Å². The predicted octanol–water partition coefficient (Wildman–Crippen LogP) is 0.346. The molecule has 4 atom stereocenters. The number of rotatable bonds is 4. The second-order valence-electron chi connectivity index (χ2n) is 11.8. The van der Waals surface area contributed by atoms with Gasteiger partial charge in [-0.15, -0.1) is 0 Å². The number of allylic oxidation sites excluding steroid dienone is 1. The molecule has 0 fully saturated rings. The lowest BCUT2D eigenvalue weighted by Crippen LogP contribution is -2.63. The van der Waals surface area contributed by atoms with Gasteiger partial charge in [-0.05, 0) is 46.7 Å². The number of phenols is 1. The van der Waals surface area contributed by atoms with E-state index in [0.29, 0.717) is 0 Å². The highest BCUT2D eigenvalue weighted by Gasteiger charge is 2.63. The molecule has 7 N–H and O–H groups in total. The number of halogens is 1. The Bertz CT molecular complexity index is 1410. The van der Waals surface area contributed by atoms with Crippen LogP contribution in [0.5, 0.6) is 5.75 Å². The fourth-order valence-electron chi connectivity index (χ4n) is 6.75. The fraction of sp³-hybridized carbons (Fsp3) is 0.519. The molecule has 1 aromatic rings. The second-order valence-corrected chi connectivity index (χ2v) is 11.8. The Morgan fingerprint density at radius 1 is 1.15 bits per heavy atom. The smallest absolute Gasteiger partial charge is 0.255 e. The SMILES string of the molecule is CN(C)[C@@H]1C(O)=C(C(N)=O)C(=O)[C@@]2(O)C(O)=C3C(=O)c4c(O)c5c(c(F)c4C[C@H]3C[C@@H]12)CN(C(C)(C)CO)C5. The first-order valence-corrected chi connectivity index (χ1v) is 12.6. The Hall–Kier alpha value is -3.32. The summed E-state index contributed by atoms with van der Waals surface area (Å²) < 4.78 is 16.0. The van der Waals surface area contributed by atoms with Gasteiger partial charge in [0, 0.05) is 46.8 Å². The number of nitrogens with two attached hydrogens (primary N) is 1. The molecule has 0 saturated carbocycles.